The van der Waals surface area contributed by atoms with Gasteiger partial charge in [0.05, 0.1) is 5.75 Å². The Morgan fingerprint density at radius 3 is 2.74 bits per heavy atom. The number of aromatic nitrogens is 3. The molecule has 0 aliphatic heterocycles. The smallest absolute Gasteiger partial charge is 0.230 e. The van der Waals surface area contributed by atoms with Crippen LogP contribution in [-0.2, 0) is 17.9 Å². The van der Waals surface area contributed by atoms with Gasteiger partial charge in [-0.05, 0) is 37.6 Å². The third kappa shape index (κ3) is 5.11. The maximum Gasteiger partial charge on any atom is 0.230 e. The molecule has 0 spiro atoms. The van der Waals surface area contributed by atoms with Crippen LogP contribution in [0.5, 0.6) is 0 Å². The Kier molecular flexibility index (Phi) is 6.53. The summed E-state index contributed by atoms with van der Waals surface area (Å²) in [5.74, 6) is 1.05. The molecule has 0 atom stereocenters. The number of carbonyl (C=O) groups is 1. The third-order valence-corrected chi connectivity index (χ3v) is 5.22. The summed E-state index contributed by atoms with van der Waals surface area (Å²) in [5, 5.41) is 12.9. The average molecular weight is 401 g/mol. The number of carbonyl (C=O) groups excluding carboxylic acids is 1. The van der Waals surface area contributed by atoms with Crippen molar-refractivity contribution in [3.05, 3.63) is 64.7 Å². The van der Waals surface area contributed by atoms with Crippen molar-refractivity contribution in [1.82, 2.24) is 20.1 Å². The van der Waals surface area contributed by atoms with Crippen molar-refractivity contribution < 1.29 is 4.79 Å². The normalized spacial score (nSPS) is 10.8. The van der Waals surface area contributed by atoms with Gasteiger partial charge in [0, 0.05) is 23.7 Å². The fraction of sp³-hybridized carbons (Fsp3) is 0.250. The van der Waals surface area contributed by atoms with Gasteiger partial charge in [-0.15, -0.1) is 10.2 Å². The van der Waals surface area contributed by atoms with E-state index in [0.29, 0.717) is 11.6 Å². The molecule has 1 heterocycles. The highest BCUT2D eigenvalue weighted by molar-refractivity contribution is 7.99. The molecule has 140 valence electrons. The summed E-state index contributed by atoms with van der Waals surface area (Å²) >= 11 is 7.35. The molecule has 3 rings (SSSR count). The van der Waals surface area contributed by atoms with Gasteiger partial charge in [0.2, 0.25) is 5.91 Å². The minimum atomic E-state index is -0.0530. The van der Waals surface area contributed by atoms with Crippen LogP contribution in [-0.4, -0.2) is 26.4 Å². The molecular formula is C20H21ClN4OS. The molecule has 1 amide bonds. The van der Waals surface area contributed by atoms with Gasteiger partial charge in [-0.25, -0.2) is 0 Å². The van der Waals surface area contributed by atoms with Crippen molar-refractivity contribution in [3.63, 3.8) is 0 Å². The third-order valence-electron chi connectivity index (χ3n) is 4.02. The number of benzene rings is 2. The van der Waals surface area contributed by atoms with Crippen molar-refractivity contribution in [2.24, 2.45) is 0 Å². The number of halogens is 1. The summed E-state index contributed by atoms with van der Waals surface area (Å²) in [6.45, 7) is 5.29. The molecule has 0 aliphatic carbocycles. The van der Waals surface area contributed by atoms with Crippen LogP contribution in [0.15, 0.2) is 53.7 Å². The average Bonchev–Trinajstić information content (AvgIpc) is 3.07. The monoisotopic (exact) mass is 400 g/mol. The van der Waals surface area contributed by atoms with E-state index in [1.807, 2.05) is 47.9 Å². The van der Waals surface area contributed by atoms with E-state index in [1.54, 1.807) is 0 Å². The van der Waals surface area contributed by atoms with Crippen LogP contribution in [0.1, 0.15) is 18.1 Å². The van der Waals surface area contributed by atoms with Crippen LogP contribution in [0, 0.1) is 6.92 Å². The van der Waals surface area contributed by atoms with Gasteiger partial charge in [0.15, 0.2) is 11.0 Å². The minimum Gasteiger partial charge on any atom is -0.351 e. The van der Waals surface area contributed by atoms with E-state index in [1.165, 1.54) is 17.3 Å². The Morgan fingerprint density at radius 2 is 2.00 bits per heavy atom. The molecule has 0 unspecified atom stereocenters. The van der Waals surface area contributed by atoms with Gasteiger partial charge < -0.3 is 9.88 Å². The molecule has 5 nitrogen and oxygen atoms in total. The second kappa shape index (κ2) is 9.06. The minimum absolute atomic E-state index is 0.0530. The summed E-state index contributed by atoms with van der Waals surface area (Å²) in [7, 11) is 0. The van der Waals surface area contributed by atoms with Gasteiger partial charge in [-0.1, -0.05) is 59.3 Å². The van der Waals surface area contributed by atoms with Gasteiger partial charge in [0.25, 0.3) is 0 Å². The molecule has 27 heavy (non-hydrogen) atoms. The standard InChI is InChI=1S/C20H21ClN4OS/c1-3-25-19(16-8-4-6-14(2)10-16)23-24-20(25)27-13-18(26)22-12-15-7-5-9-17(21)11-15/h4-11H,3,12-13H2,1-2H3,(H,22,26). The predicted molar refractivity (Wildman–Crippen MR) is 110 cm³/mol. The number of nitrogens with zero attached hydrogens (tertiary/aromatic N) is 3. The van der Waals surface area contributed by atoms with E-state index in [2.05, 4.69) is 34.6 Å². The molecule has 7 heteroatoms. The summed E-state index contributed by atoms with van der Waals surface area (Å²) in [6.07, 6.45) is 0. The van der Waals surface area contributed by atoms with Gasteiger partial charge >= 0.3 is 0 Å². The lowest BCUT2D eigenvalue weighted by Gasteiger charge is -2.08. The Balaban J connectivity index is 1.61. The van der Waals surface area contributed by atoms with E-state index in [-0.39, 0.29) is 11.7 Å². The largest absolute Gasteiger partial charge is 0.351 e. The number of hydrogen-bond donors (Lipinski definition) is 1. The lowest BCUT2D eigenvalue weighted by molar-refractivity contribution is -0.118. The van der Waals surface area contributed by atoms with Crippen LogP contribution in [0.3, 0.4) is 0 Å². The highest BCUT2D eigenvalue weighted by atomic mass is 35.5. The topological polar surface area (TPSA) is 59.8 Å². The number of thioether (sulfide) groups is 1. The molecule has 0 aliphatic rings. The van der Waals surface area contributed by atoms with Crippen LogP contribution in [0.2, 0.25) is 5.02 Å². The molecule has 1 aromatic heterocycles. The van der Waals surface area contributed by atoms with E-state index in [0.717, 1.165) is 28.7 Å². The number of hydrogen-bond acceptors (Lipinski definition) is 4. The molecular weight excluding hydrogens is 380 g/mol. The van der Waals surface area contributed by atoms with E-state index < -0.39 is 0 Å². The van der Waals surface area contributed by atoms with Crippen LogP contribution in [0.4, 0.5) is 0 Å². The summed E-state index contributed by atoms with van der Waals surface area (Å²) in [6, 6.07) is 15.6. The fourth-order valence-electron chi connectivity index (χ4n) is 2.71. The highest BCUT2D eigenvalue weighted by Crippen LogP contribution is 2.24. The SMILES string of the molecule is CCn1c(SCC(=O)NCc2cccc(Cl)c2)nnc1-c1cccc(C)c1. The maximum absolute atomic E-state index is 12.2. The first-order valence-corrected chi connectivity index (χ1v) is 10.1. The molecule has 0 saturated heterocycles. The number of nitrogens with one attached hydrogen (secondary N) is 1. The molecule has 0 saturated carbocycles. The zero-order valence-electron chi connectivity index (χ0n) is 15.3. The van der Waals surface area contributed by atoms with Crippen molar-refractivity contribution in [3.8, 4) is 11.4 Å². The molecule has 3 aromatic rings. The Labute approximate surface area is 168 Å². The van der Waals surface area contributed by atoms with Gasteiger partial charge in [0.1, 0.15) is 0 Å². The lowest BCUT2D eigenvalue weighted by atomic mass is 10.1. The Bertz CT molecular complexity index is 941. The number of rotatable bonds is 7. The summed E-state index contributed by atoms with van der Waals surface area (Å²) in [4.78, 5) is 12.2. The number of amides is 1. The van der Waals surface area contributed by atoms with Crippen molar-refractivity contribution in [2.75, 3.05) is 5.75 Å². The van der Waals surface area contributed by atoms with E-state index in [9.17, 15) is 4.79 Å². The Morgan fingerprint density at radius 1 is 1.19 bits per heavy atom. The summed E-state index contributed by atoms with van der Waals surface area (Å²) < 4.78 is 2.03. The van der Waals surface area contributed by atoms with Crippen molar-refractivity contribution in [2.45, 2.75) is 32.1 Å². The van der Waals surface area contributed by atoms with Crippen molar-refractivity contribution in [1.29, 1.82) is 0 Å². The fourth-order valence-corrected chi connectivity index (χ4v) is 3.75. The zero-order valence-corrected chi connectivity index (χ0v) is 16.8. The molecule has 2 aromatic carbocycles. The second-order valence-electron chi connectivity index (χ2n) is 6.12. The first kappa shape index (κ1) is 19.5. The van der Waals surface area contributed by atoms with Gasteiger partial charge in [-0.2, -0.15) is 0 Å². The van der Waals surface area contributed by atoms with E-state index >= 15 is 0 Å². The Hall–Kier alpha value is -2.31. The quantitative estimate of drug-likeness (QED) is 0.599. The first-order chi connectivity index (χ1) is 13.1. The van der Waals surface area contributed by atoms with Crippen LogP contribution in [0.25, 0.3) is 11.4 Å². The van der Waals surface area contributed by atoms with Gasteiger partial charge in [-0.3, -0.25) is 4.79 Å². The maximum atomic E-state index is 12.2. The van der Waals surface area contributed by atoms with Crippen molar-refractivity contribution >= 4 is 29.3 Å². The predicted octanol–water partition coefficient (Wildman–Crippen LogP) is 4.34. The zero-order chi connectivity index (χ0) is 19.2. The number of aryl methyl sites for hydroxylation is 1. The first-order valence-electron chi connectivity index (χ1n) is 8.71. The highest BCUT2D eigenvalue weighted by Gasteiger charge is 2.14. The molecule has 0 radical (unpaired) electrons. The molecule has 0 bridgehead atoms. The van der Waals surface area contributed by atoms with Crippen LogP contribution < -0.4 is 5.32 Å². The van der Waals surface area contributed by atoms with E-state index in [4.69, 9.17) is 11.6 Å². The van der Waals surface area contributed by atoms with Crippen LogP contribution >= 0.6 is 23.4 Å². The molecule has 1 N–H and O–H groups in total. The molecule has 0 fully saturated rings. The lowest BCUT2D eigenvalue weighted by Crippen LogP contribution is -2.24. The summed E-state index contributed by atoms with van der Waals surface area (Å²) in [5.41, 5.74) is 3.17. The second-order valence-corrected chi connectivity index (χ2v) is 7.49.